The second-order valence-electron chi connectivity index (χ2n) is 5.20. The number of aromatic nitrogens is 1. The SMILES string of the molecule is CC(=O)NCc1ccc(-c2csc(NC(=O)c3ccc(Br)o3)n2)cc1. The number of hydrogen-bond acceptors (Lipinski definition) is 5. The Morgan fingerprint density at radius 3 is 2.60 bits per heavy atom. The lowest BCUT2D eigenvalue weighted by Gasteiger charge is -2.03. The molecule has 0 aliphatic heterocycles. The van der Waals surface area contributed by atoms with Gasteiger partial charge in [0, 0.05) is 24.4 Å². The second-order valence-corrected chi connectivity index (χ2v) is 6.84. The number of amides is 2. The molecule has 0 spiro atoms. The smallest absolute Gasteiger partial charge is 0.293 e. The molecular formula is C17H14BrN3O3S. The van der Waals surface area contributed by atoms with Crippen LogP contribution in [0.1, 0.15) is 23.0 Å². The molecular weight excluding hydrogens is 406 g/mol. The largest absolute Gasteiger partial charge is 0.444 e. The fraction of sp³-hybridized carbons (Fsp3) is 0.118. The van der Waals surface area contributed by atoms with E-state index in [1.165, 1.54) is 18.3 Å². The van der Waals surface area contributed by atoms with Gasteiger partial charge < -0.3 is 9.73 Å². The van der Waals surface area contributed by atoms with E-state index in [1.54, 1.807) is 12.1 Å². The maximum absolute atomic E-state index is 12.1. The van der Waals surface area contributed by atoms with Crippen LogP contribution in [0.4, 0.5) is 5.13 Å². The molecule has 0 saturated carbocycles. The summed E-state index contributed by atoms with van der Waals surface area (Å²) in [6.45, 7) is 1.98. The lowest BCUT2D eigenvalue weighted by Crippen LogP contribution is -2.18. The molecule has 25 heavy (non-hydrogen) atoms. The predicted molar refractivity (Wildman–Crippen MR) is 99.4 cm³/mol. The zero-order chi connectivity index (χ0) is 17.8. The van der Waals surface area contributed by atoms with Crippen molar-refractivity contribution in [3.63, 3.8) is 0 Å². The first-order chi connectivity index (χ1) is 12.0. The van der Waals surface area contributed by atoms with Gasteiger partial charge in [0.25, 0.3) is 5.91 Å². The maximum Gasteiger partial charge on any atom is 0.293 e. The van der Waals surface area contributed by atoms with Crippen LogP contribution < -0.4 is 10.6 Å². The third-order valence-electron chi connectivity index (χ3n) is 3.31. The second kappa shape index (κ2) is 7.62. The van der Waals surface area contributed by atoms with Gasteiger partial charge in [-0.05, 0) is 33.6 Å². The molecule has 0 saturated heterocycles. The van der Waals surface area contributed by atoms with Crippen molar-refractivity contribution in [3.8, 4) is 11.3 Å². The van der Waals surface area contributed by atoms with Crippen LogP contribution >= 0.6 is 27.3 Å². The Hall–Kier alpha value is -2.45. The molecule has 3 rings (SSSR count). The quantitative estimate of drug-likeness (QED) is 0.652. The van der Waals surface area contributed by atoms with Crippen molar-refractivity contribution in [2.24, 2.45) is 0 Å². The number of nitrogens with zero attached hydrogens (tertiary/aromatic N) is 1. The number of rotatable bonds is 5. The highest BCUT2D eigenvalue weighted by Crippen LogP contribution is 2.26. The number of anilines is 1. The van der Waals surface area contributed by atoms with Crippen LogP contribution in [0.3, 0.4) is 0 Å². The summed E-state index contributed by atoms with van der Waals surface area (Å²) in [5.74, 6) is -0.198. The zero-order valence-corrected chi connectivity index (χ0v) is 15.6. The minimum absolute atomic E-state index is 0.0625. The van der Waals surface area contributed by atoms with Gasteiger partial charge in [-0.1, -0.05) is 24.3 Å². The van der Waals surface area contributed by atoms with Crippen LogP contribution in [0.2, 0.25) is 0 Å². The van der Waals surface area contributed by atoms with Crippen LogP contribution in [-0.4, -0.2) is 16.8 Å². The van der Waals surface area contributed by atoms with Crippen molar-refractivity contribution >= 4 is 44.2 Å². The number of furan rings is 1. The van der Waals surface area contributed by atoms with Crippen LogP contribution in [0, 0.1) is 0 Å². The topological polar surface area (TPSA) is 84.2 Å². The molecule has 0 atom stereocenters. The Kier molecular flexibility index (Phi) is 5.30. The van der Waals surface area contributed by atoms with E-state index >= 15 is 0 Å². The van der Waals surface area contributed by atoms with Crippen LogP contribution in [-0.2, 0) is 11.3 Å². The number of halogens is 1. The molecule has 8 heteroatoms. The fourth-order valence-corrected chi connectivity index (χ4v) is 3.10. The molecule has 0 unspecified atom stereocenters. The maximum atomic E-state index is 12.1. The lowest BCUT2D eigenvalue weighted by molar-refractivity contribution is -0.119. The Morgan fingerprint density at radius 2 is 1.96 bits per heavy atom. The van der Waals surface area contributed by atoms with Crippen molar-refractivity contribution in [1.82, 2.24) is 10.3 Å². The average Bonchev–Trinajstić information content (AvgIpc) is 3.22. The number of carbonyl (C=O) groups is 2. The normalized spacial score (nSPS) is 10.5. The van der Waals surface area contributed by atoms with Gasteiger partial charge >= 0.3 is 0 Å². The van der Waals surface area contributed by atoms with Gasteiger partial charge in [0.2, 0.25) is 5.91 Å². The molecule has 0 fully saturated rings. The molecule has 6 nitrogen and oxygen atoms in total. The van der Waals surface area contributed by atoms with E-state index in [-0.39, 0.29) is 17.6 Å². The molecule has 2 amide bonds. The Labute approximate surface area is 156 Å². The van der Waals surface area contributed by atoms with Gasteiger partial charge in [0.15, 0.2) is 15.6 Å². The van der Waals surface area contributed by atoms with Gasteiger partial charge in [-0.3, -0.25) is 14.9 Å². The molecule has 0 aliphatic rings. The van der Waals surface area contributed by atoms with E-state index in [9.17, 15) is 9.59 Å². The van der Waals surface area contributed by atoms with Crippen LogP contribution in [0.25, 0.3) is 11.3 Å². The van der Waals surface area contributed by atoms with E-state index in [2.05, 4.69) is 31.5 Å². The van der Waals surface area contributed by atoms with E-state index < -0.39 is 0 Å². The monoisotopic (exact) mass is 419 g/mol. The van der Waals surface area contributed by atoms with Gasteiger partial charge in [-0.25, -0.2) is 4.98 Å². The highest BCUT2D eigenvalue weighted by atomic mass is 79.9. The van der Waals surface area contributed by atoms with Crippen molar-refractivity contribution in [3.05, 3.63) is 57.8 Å². The molecule has 0 aliphatic carbocycles. The Balaban J connectivity index is 1.66. The highest BCUT2D eigenvalue weighted by molar-refractivity contribution is 9.10. The molecule has 128 valence electrons. The summed E-state index contributed by atoms with van der Waals surface area (Å²) >= 11 is 4.50. The first kappa shape index (κ1) is 17.4. The third-order valence-corrected chi connectivity index (χ3v) is 4.50. The summed E-state index contributed by atoms with van der Waals surface area (Å²) in [4.78, 5) is 27.4. The summed E-state index contributed by atoms with van der Waals surface area (Å²) in [7, 11) is 0. The predicted octanol–water partition coefficient (Wildman–Crippen LogP) is 4.05. The Morgan fingerprint density at radius 1 is 1.20 bits per heavy atom. The molecule has 1 aromatic carbocycles. The molecule has 2 aromatic heterocycles. The third kappa shape index (κ3) is 4.55. The summed E-state index contributed by atoms with van der Waals surface area (Å²) in [6.07, 6.45) is 0. The fourth-order valence-electron chi connectivity index (χ4n) is 2.08. The van der Waals surface area contributed by atoms with E-state index in [4.69, 9.17) is 4.42 Å². The van der Waals surface area contributed by atoms with Gasteiger partial charge in [-0.15, -0.1) is 11.3 Å². The molecule has 2 heterocycles. The van der Waals surface area contributed by atoms with E-state index in [1.807, 2.05) is 29.6 Å². The van der Waals surface area contributed by atoms with Crippen molar-refractivity contribution < 1.29 is 14.0 Å². The van der Waals surface area contributed by atoms with Gasteiger partial charge in [-0.2, -0.15) is 0 Å². The highest BCUT2D eigenvalue weighted by Gasteiger charge is 2.13. The van der Waals surface area contributed by atoms with Crippen LogP contribution in [0.15, 0.2) is 50.9 Å². The first-order valence-corrected chi connectivity index (χ1v) is 9.04. The zero-order valence-electron chi connectivity index (χ0n) is 13.2. The standard InChI is InChI=1S/C17H14BrN3O3S/c1-10(22)19-8-11-2-4-12(5-3-11)13-9-25-17(20-13)21-16(23)14-6-7-15(18)24-14/h2-7,9H,8H2,1H3,(H,19,22)(H,20,21,23). The molecule has 3 aromatic rings. The lowest BCUT2D eigenvalue weighted by atomic mass is 10.1. The minimum Gasteiger partial charge on any atom is -0.444 e. The van der Waals surface area contributed by atoms with Gasteiger partial charge in [0.05, 0.1) is 5.69 Å². The Bertz CT molecular complexity index is 902. The molecule has 0 bridgehead atoms. The van der Waals surface area contributed by atoms with Gasteiger partial charge in [0.1, 0.15) is 0 Å². The number of benzene rings is 1. The molecule has 0 radical (unpaired) electrons. The summed E-state index contributed by atoms with van der Waals surface area (Å²) in [5.41, 5.74) is 2.71. The van der Waals surface area contributed by atoms with E-state index in [0.29, 0.717) is 16.3 Å². The van der Waals surface area contributed by atoms with E-state index in [0.717, 1.165) is 16.8 Å². The van der Waals surface area contributed by atoms with Crippen molar-refractivity contribution in [1.29, 1.82) is 0 Å². The number of thiazole rings is 1. The summed E-state index contributed by atoms with van der Waals surface area (Å²) < 4.78 is 5.71. The first-order valence-electron chi connectivity index (χ1n) is 7.37. The number of carbonyl (C=O) groups excluding carboxylic acids is 2. The number of hydrogen-bond donors (Lipinski definition) is 2. The van der Waals surface area contributed by atoms with Crippen LogP contribution in [0.5, 0.6) is 0 Å². The minimum atomic E-state index is -0.350. The van der Waals surface area contributed by atoms with Crippen molar-refractivity contribution in [2.75, 3.05) is 5.32 Å². The summed E-state index contributed by atoms with van der Waals surface area (Å²) in [6, 6.07) is 11.0. The average molecular weight is 420 g/mol. The summed E-state index contributed by atoms with van der Waals surface area (Å²) in [5, 5.41) is 7.83. The molecule has 2 N–H and O–H groups in total. The number of nitrogens with one attached hydrogen (secondary N) is 2. The van der Waals surface area contributed by atoms with Crippen molar-refractivity contribution in [2.45, 2.75) is 13.5 Å².